The molecule has 5 heteroatoms. The third-order valence-electron chi connectivity index (χ3n) is 3.74. The van der Waals surface area contributed by atoms with Crippen LogP contribution in [0.2, 0.25) is 0 Å². The quantitative estimate of drug-likeness (QED) is 0.380. The van der Waals surface area contributed by atoms with Gasteiger partial charge in [-0.2, -0.15) is 0 Å². The predicted octanol–water partition coefficient (Wildman–Crippen LogP) is -1.19. The number of carbonyl (C=O) groups excluding carboxylic acids is 1. The van der Waals surface area contributed by atoms with E-state index >= 15 is 0 Å². The Morgan fingerprint density at radius 1 is 1.57 bits per heavy atom. The first-order chi connectivity index (χ1) is 6.50. The second-order valence-corrected chi connectivity index (χ2v) is 4.51. The van der Waals surface area contributed by atoms with Crippen molar-refractivity contribution in [1.29, 1.82) is 0 Å². The molecule has 0 spiro atoms. The van der Waals surface area contributed by atoms with E-state index in [0.29, 0.717) is 6.42 Å². The Bertz CT molecular complexity index is 316. The van der Waals surface area contributed by atoms with Crippen molar-refractivity contribution in [2.45, 2.75) is 36.8 Å². The van der Waals surface area contributed by atoms with Gasteiger partial charge in [0.1, 0.15) is 29.3 Å². The van der Waals surface area contributed by atoms with Crippen LogP contribution < -0.4 is 0 Å². The topological polar surface area (TPSA) is 79.3 Å². The average Bonchev–Trinajstić information content (AvgIpc) is 2.72. The molecule has 0 unspecified atom stereocenters. The molecule has 0 aromatic carbocycles. The van der Waals surface area contributed by atoms with E-state index < -0.39 is 35.3 Å². The standard InChI is InChI=1S/C9H12O5/c1-8-4-7(11)13-3-2-9(4,12)5(10)6(8)14-8/h4-6,10,12H,2-3H2,1H3/t4-,5-,6-,8+,9+/m0/s1. The Kier molecular flexibility index (Phi) is 1.31. The molecule has 1 aliphatic carbocycles. The minimum absolute atomic E-state index is 0.172. The monoisotopic (exact) mass is 200 g/mol. The molecular formula is C9H12O5. The Morgan fingerprint density at radius 2 is 2.29 bits per heavy atom. The first-order valence-electron chi connectivity index (χ1n) is 4.75. The molecule has 0 aromatic rings. The van der Waals surface area contributed by atoms with Gasteiger partial charge in [0.15, 0.2) is 0 Å². The number of fused-ring (bicyclic) bond motifs is 3. The fourth-order valence-corrected chi connectivity index (χ4v) is 2.91. The fourth-order valence-electron chi connectivity index (χ4n) is 2.91. The number of ether oxygens (including phenoxy) is 2. The molecule has 78 valence electrons. The second-order valence-electron chi connectivity index (χ2n) is 4.51. The normalized spacial score (nSPS) is 60.2. The van der Waals surface area contributed by atoms with E-state index in [-0.39, 0.29) is 6.61 Å². The zero-order chi connectivity index (χ0) is 10.1. The van der Waals surface area contributed by atoms with Gasteiger partial charge in [0, 0.05) is 6.42 Å². The maximum absolute atomic E-state index is 11.5. The smallest absolute Gasteiger partial charge is 0.315 e. The summed E-state index contributed by atoms with van der Waals surface area (Å²) in [4.78, 5) is 11.5. The number of cyclic esters (lactones) is 1. The molecule has 3 aliphatic rings. The maximum Gasteiger partial charge on any atom is 0.315 e. The van der Waals surface area contributed by atoms with Crippen molar-refractivity contribution in [2.75, 3.05) is 6.61 Å². The van der Waals surface area contributed by atoms with Crippen LogP contribution in [0.4, 0.5) is 0 Å². The van der Waals surface area contributed by atoms with Crippen LogP contribution in [0, 0.1) is 5.92 Å². The molecule has 3 rings (SSSR count). The zero-order valence-corrected chi connectivity index (χ0v) is 7.77. The minimum Gasteiger partial charge on any atom is -0.465 e. The first kappa shape index (κ1) is 8.64. The summed E-state index contributed by atoms with van der Waals surface area (Å²) in [7, 11) is 0. The molecule has 14 heavy (non-hydrogen) atoms. The third kappa shape index (κ3) is 0.711. The van der Waals surface area contributed by atoms with Crippen molar-refractivity contribution in [2.24, 2.45) is 5.92 Å². The molecule has 2 saturated heterocycles. The van der Waals surface area contributed by atoms with Crippen LogP contribution >= 0.6 is 0 Å². The van der Waals surface area contributed by atoms with Crippen LogP contribution in [-0.2, 0) is 14.3 Å². The lowest BCUT2D eigenvalue weighted by molar-refractivity contribution is -0.195. The van der Waals surface area contributed by atoms with Crippen molar-refractivity contribution < 1.29 is 24.5 Å². The zero-order valence-electron chi connectivity index (χ0n) is 7.77. The minimum atomic E-state index is -1.34. The number of rotatable bonds is 0. The number of carbonyl (C=O) groups is 1. The molecule has 2 aliphatic heterocycles. The van der Waals surface area contributed by atoms with Crippen molar-refractivity contribution in [3.05, 3.63) is 0 Å². The average molecular weight is 200 g/mol. The number of hydrogen-bond acceptors (Lipinski definition) is 5. The fraction of sp³-hybridized carbons (Fsp3) is 0.889. The molecule has 0 radical (unpaired) electrons. The highest BCUT2D eigenvalue weighted by molar-refractivity contribution is 5.78. The van der Waals surface area contributed by atoms with Gasteiger partial charge in [-0.05, 0) is 6.92 Å². The molecule has 2 heterocycles. The highest BCUT2D eigenvalue weighted by atomic mass is 16.6. The molecule has 3 fully saturated rings. The number of aliphatic hydroxyl groups excluding tert-OH is 1. The largest absolute Gasteiger partial charge is 0.465 e. The van der Waals surface area contributed by atoms with Crippen LogP contribution in [-0.4, -0.2) is 46.2 Å². The van der Waals surface area contributed by atoms with Gasteiger partial charge in [0.05, 0.1) is 6.61 Å². The van der Waals surface area contributed by atoms with E-state index in [0.717, 1.165) is 0 Å². The van der Waals surface area contributed by atoms with Crippen LogP contribution in [0.25, 0.3) is 0 Å². The van der Waals surface area contributed by atoms with Crippen molar-refractivity contribution >= 4 is 5.97 Å². The summed E-state index contributed by atoms with van der Waals surface area (Å²) in [6.45, 7) is 1.90. The Hall–Kier alpha value is -0.650. The van der Waals surface area contributed by atoms with Gasteiger partial charge in [0.2, 0.25) is 0 Å². The summed E-state index contributed by atoms with van der Waals surface area (Å²) in [5.74, 6) is -1.19. The van der Waals surface area contributed by atoms with E-state index in [4.69, 9.17) is 9.47 Å². The summed E-state index contributed by atoms with van der Waals surface area (Å²) >= 11 is 0. The Morgan fingerprint density at radius 3 is 2.93 bits per heavy atom. The van der Waals surface area contributed by atoms with Gasteiger partial charge in [-0.1, -0.05) is 0 Å². The van der Waals surface area contributed by atoms with E-state index in [9.17, 15) is 15.0 Å². The highest BCUT2D eigenvalue weighted by Crippen LogP contribution is 2.60. The third-order valence-corrected chi connectivity index (χ3v) is 3.74. The second kappa shape index (κ2) is 2.13. The maximum atomic E-state index is 11.5. The predicted molar refractivity (Wildman–Crippen MR) is 43.3 cm³/mol. The molecule has 1 saturated carbocycles. The van der Waals surface area contributed by atoms with Crippen LogP contribution in [0.3, 0.4) is 0 Å². The van der Waals surface area contributed by atoms with Crippen LogP contribution in [0.5, 0.6) is 0 Å². The SMILES string of the molecule is C[C@]12O[C@H]1[C@H](O)[C@@]1(O)CCOC(=O)[C@H]12. The molecule has 0 bridgehead atoms. The van der Waals surface area contributed by atoms with Crippen LogP contribution in [0.1, 0.15) is 13.3 Å². The molecule has 5 atom stereocenters. The number of aliphatic hydroxyl groups is 2. The van der Waals surface area contributed by atoms with Gasteiger partial charge in [-0.25, -0.2) is 0 Å². The van der Waals surface area contributed by atoms with Gasteiger partial charge in [0.25, 0.3) is 0 Å². The Labute approximate surface area is 80.6 Å². The van der Waals surface area contributed by atoms with Gasteiger partial charge >= 0.3 is 5.97 Å². The van der Waals surface area contributed by atoms with Gasteiger partial charge in [-0.3, -0.25) is 4.79 Å². The number of esters is 1. The first-order valence-corrected chi connectivity index (χ1v) is 4.75. The van der Waals surface area contributed by atoms with Gasteiger partial charge in [-0.15, -0.1) is 0 Å². The summed E-state index contributed by atoms with van der Waals surface area (Å²) in [5.41, 5.74) is -2.06. The van der Waals surface area contributed by atoms with E-state index in [1.165, 1.54) is 0 Å². The summed E-state index contributed by atoms with van der Waals surface area (Å²) in [6, 6.07) is 0. The van der Waals surface area contributed by atoms with Crippen LogP contribution in [0.15, 0.2) is 0 Å². The lowest BCUT2D eigenvalue weighted by atomic mass is 9.80. The summed E-state index contributed by atoms with van der Waals surface area (Å²) in [5, 5.41) is 20.0. The number of epoxide rings is 1. The lowest BCUT2D eigenvalue weighted by Crippen LogP contribution is -2.55. The van der Waals surface area contributed by atoms with Crippen molar-refractivity contribution in [3.8, 4) is 0 Å². The summed E-state index contributed by atoms with van der Waals surface area (Å²) < 4.78 is 10.1. The Balaban J connectivity index is 2.05. The van der Waals surface area contributed by atoms with Crippen molar-refractivity contribution in [3.63, 3.8) is 0 Å². The number of hydrogen-bond donors (Lipinski definition) is 2. The molecule has 2 N–H and O–H groups in total. The van der Waals surface area contributed by atoms with Crippen molar-refractivity contribution in [1.82, 2.24) is 0 Å². The lowest BCUT2D eigenvalue weighted by Gasteiger charge is -2.38. The molecule has 0 amide bonds. The van der Waals surface area contributed by atoms with E-state index in [2.05, 4.69) is 0 Å². The van der Waals surface area contributed by atoms with Gasteiger partial charge < -0.3 is 19.7 Å². The molecule has 0 aromatic heterocycles. The summed E-state index contributed by atoms with van der Waals surface area (Å²) in [6.07, 6.45) is -1.09. The highest BCUT2D eigenvalue weighted by Gasteiger charge is 2.79. The molecule has 5 nitrogen and oxygen atoms in total. The van der Waals surface area contributed by atoms with E-state index in [1.807, 2.05) is 0 Å². The molecular weight excluding hydrogens is 188 g/mol. The van der Waals surface area contributed by atoms with E-state index in [1.54, 1.807) is 6.92 Å².